The zero-order valence-corrected chi connectivity index (χ0v) is 15.7. The second-order valence-corrected chi connectivity index (χ2v) is 6.63. The van der Waals surface area contributed by atoms with Crippen molar-refractivity contribution in [2.75, 3.05) is 20.7 Å². The van der Waals surface area contributed by atoms with Crippen molar-refractivity contribution in [2.45, 2.75) is 18.9 Å². The number of hydrogen-bond donors (Lipinski definition) is 1. The van der Waals surface area contributed by atoms with Crippen molar-refractivity contribution in [3.63, 3.8) is 0 Å². The van der Waals surface area contributed by atoms with Crippen LogP contribution in [0.5, 0.6) is 5.75 Å². The number of amides is 1. The van der Waals surface area contributed by atoms with E-state index in [1.54, 1.807) is 50.6 Å². The van der Waals surface area contributed by atoms with Gasteiger partial charge in [-0.05, 0) is 41.8 Å². The van der Waals surface area contributed by atoms with Crippen LogP contribution < -0.4 is 4.74 Å². The topological polar surface area (TPSA) is 49.8 Å². The third kappa shape index (κ3) is 5.63. The van der Waals surface area contributed by atoms with Gasteiger partial charge in [0.1, 0.15) is 5.75 Å². The molecule has 0 fully saturated rings. The highest BCUT2D eigenvalue weighted by molar-refractivity contribution is 6.42. The molecule has 4 nitrogen and oxygen atoms in total. The van der Waals surface area contributed by atoms with E-state index in [2.05, 4.69) is 0 Å². The van der Waals surface area contributed by atoms with Crippen molar-refractivity contribution in [1.82, 2.24) is 4.90 Å². The molecule has 0 radical (unpaired) electrons. The SMILES string of the molecule is COc1ccc(C(O)CN(C)C(=O)CCc2ccc(Cl)c(Cl)c2)cc1. The van der Waals surface area contributed by atoms with E-state index in [1.165, 1.54) is 4.90 Å². The molecular weight excluding hydrogens is 361 g/mol. The highest BCUT2D eigenvalue weighted by Crippen LogP contribution is 2.23. The van der Waals surface area contributed by atoms with E-state index in [0.717, 1.165) is 16.9 Å². The molecule has 25 heavy (non-hydrogen) atoms. The second kappa shape index (κ2) is 9.09. The molecule has 0 bridgehead atoms. The van der Waals surface area contributed by atoms with Crippen LogP contribution >= 0.6 is 23.2 Å². The number of rotatable bonds is 7. The number of likely N-dealkylation sites (N-methyl/N-ethyl adjacent to an activating group) is 1. The van der Waals surface area contributed by atoms with Crippen molar-refractivity contribution in [3.8, 4) is 5.75 Å². The number of aliphatic hydroxyl groups excluding tert-OH is 1. The minimum Gasteiger partial charge on any atom is -0.497 e. The molecule has 0 saturated carbocycles. The van der Waals surface area contributed by atoms with Crippen molar-refractivity contribution >= 4 is 29.1 Å². The van der Waals surface area contributed by atoms with Crippen LogP contribution in [0.2, 0.25) is 10.0 Å². The van der Waals surface area contributed by atoms with E-state index in [1.807, 2.05) is 6.07 Å². The molecule has 2 rings (SSSR count). The lowest BCUT2D eigenvalue weighted by molar-refractivity contribution is -0.131. The number of benzene rings is 2. The van der Waals surface area contributed by atoms with Crippen LogP contribution in [0.25, 0.3) is 0 Å². The Morgan fingerprint density at radius 2 is 1.84 bits per heavy atom. The molecule has 0 saturated heterocycles. The van der Waals surface area contributed by atoms with Gasteiger partial charge in [-0.1, -0.05) is 41.4 Å². The first kappa shape index (κ1) is 19.6. The van der Waals surface area contributed by atoms with Gasteiger partial charge < -0.3 is 14.7 Å². The molecule has 2 aromatic carbocycles. The van der Waals surface area contributed by atoms with E-state index in [9.17, 15) is 9.90 Å². The summed E-state index contributed by atoms with van der Waals surface area (Å²) in [5.74, 6) is 0.681. The minimum absolute atomic E-state index is 0.0429. The molecule has 0 aliphatic heterocycles. The van der Waals surface area contributed by atoms with Gasteiger partial charge in [-0.25, -0.2) is 0 Å². The predicted molar refractivity (Wildman–Crippen MR) is 100 cm³/mol. The summed E-state index contributed by atoms with van der Waals surface area (Å²) in [6.45, 7) is 0.229. The molecule has 0 spiro atoms. The molecule has 134 valence electrons. The quantitative estimate of drug-likeness (QED) is 0.784. The Labute approximate surface area is 157 Å². The Bertz CT molecular complexity index is 719. The number of aryl methyl sites for hydroxylation is 1. The van der Waals surface area contributed by atoms with Gasteiger partial charge >= 0.3 is 0 Å². The lowest BCUT2D eigenvalue weighted by atomic mass is 10.1. The summed E-state index contributed by atoms with van der Waals surface area (Å²) in [5.41, 5.74) is 1.69. The summed E-state index contributed by atoms with van der Waals surface area (Å²) in [6.07, 6.45) is 0.160. The van der Waals surface area contributed by atoms with Gasteiger partial charge in [-0.2, -0.15) is 0 Å². The summed E-state index contributed by atoms with van der Waals surface area (Å²) in [6, 6.07) is 12.5. The zero-order chi connectivity index (χ0) is 18.4. The first-order valence-corrected chi connectivity index (χ1v) is 8.66. The van der Waals surface area contributed by atoms with Gasteiger partial charge in [-0.3, -0.25) is 4.79 Å². The number of carbonyl (C=O) groups is 1. The van der Waals surface area contributed by atoms with Crippen LogP contribution in [0, 0.1) is 0 Å². The maximum Gasteiger partial charge on any atom is 0.222 e. The fourth-order valence-electron chi connectivity index (χ4n) is 2.43. The Morgan fingerprint density at radius 3 is 2.44 bits per heavy atom. The van der Waals surface area contributed by atoms with Gasteiger partial charge in [0.25, 0.3) is 0 Å². The van der Waals surface area contributed by atoms with E-state index in [0.29, 0.717) is 22.9 Å². The fraction of sp³-hybridized carbons (Fsp3) is 0.316. The molecule has 1 amide bonds. The minimum atomic E-state index is -0.746. The number of ether oxygens (including phenoxy) is 1. The molecule has 6 heteroatoms. The van der Waals surface area contributed by atoms with Crippen LogP contribution in [0.1, 0.15) is 23.7 Å². The Morgan fingerprint density at radius 1 is 1.16 bits per heavy atom. The van der Waals surface area contributed by atoms with Crippen molar-refractivity contribution in [3.05, 3.63) is 63.6 Å². The lowest BCUT2D eigenvalue weighted by Gasteiger charge is -2.21. The van der Waals surface area contributed by atoms with E-state index in [-0.39, 0.29) is 12.5 Å². The summed E-state index contributed by atoms with van der Waals surface area (Å²) < 4.78 is 5.09. The Balaban J connectivity index is 1.87. The smallest absolute Gasteiger partial charge is 0.222 e. The fourth-order valence-corrected chi connectivity index (χ4v) is 2.75. The van der Waals surface area contributed by atoms with E-state index >= 15 is 0 Å². The maximum atomic E-state index is 12.3. The van der Waals surface area contributed by atoms with Crippen LogP contribution in [-0.2, 0) is 11.2 Å². The molecule has 1 unspecified atom stereocenters. The van der Waals surface area contributed by atoms with Gasteiger partial charge in [0.15, 0.2) is 0 Å². The number of aliphatic hydroxyl groups is 1. The monoisotopic (exact) mass is 381 g/mol. The van der Waals surface area contributed by atoms with Gasteiger partial charge in [-0.15, -0.1) is 0 Å². The summed E-state index contributed by atoms with van der Waals surface area (Å²) in [7, 11) is 3.27. The third-order valence-electron chi connectivity index (χ3n) is 3.98. The Hall–Kier alpha value is -1.75. The molecule has 1 N–H and O–H groups in total. The predicted octanol–water partition coefficient (Wildman–Crippen LogP) is 4.13. The average molecular weight is 382 g/mol. The molecule has 2 aromatic rings. The second-order valence-electron chi connectivity index (χ2n) is 5.81. The summed E-state index contributed by atoms with van der Waals surface area (Å²) >= 11 is 11.9. The van der Waals surface area contributed by atoms with Gasteiger partial charge in [0.05, 0.1) is 29.8 Å². The lowest BCUT2D eigenvalue weighted by Crippen LogP contribution is -2.31. The largest absolute Gasteiger partial charge is 0.497 e. The number of nitrogens with zero attached hydrogens (tertiary/aromatic N) is 1. The van der Waals surface area contributed by atoms with E-state index < -0.39 is 6.10 Å². The van der Waals surface area contributed by atoms with Gasteiger partial charge in [0.2, 0.25) is 5.91 Å². The summed E-state index contributed by atoms with van der Waals surface area (Å²) in [4.78, 5) is 13.8. The molecule has 0 heterocycles. The van der Waals surface area contributed by atoms with Crippen molar-refractivity contribution in [2.24, 2.45) is 0 Å². The molecule has 0 aromatic heterocycles. The van der Waals surface area contributed by atoms with Crippen LogP contribution in [-0.4, -0.2) is 36.6 Å². The van der Waals surface area contributed by atoms with Crippen LogP contribution in [0.4, 0.5) is 0 Å². The first-order valence-electron chi connectivity index (χ1n) is 7.90. The normalized spacial score (nSPS) is 11.9. The third-order valence-corrected chi connectivity index (χ3v) is 4.72. The summed E-state index contributed by atoms with van der Waals surface area (Å²) in [5, 5.41) is 11.3. The van der Waals surface area contributed by atoms with Gasteiger partial charge in [0, 0.05) is 13.5 Å². The number of methoxy groups -OCH3 is 1. The number of hydrogen-bond acceptors (Lipinski definition) is 3. The van der Waals surface area contributed by atoms with Crippen molar-refractivity contribution in [1.29, 1.82) is 0 Å². The highest BCUT2D eigenvalue weighted by atomic mass is 35.5. The van der Waals surface area contributed by atoms with Crippen LogP contribution in [0.3, 0.4) is 0 Å². The maximum absolute atomic E-state index is 12.3. The van der Waals surface area contributed by atoms with E-state index in [4.69, 9.17) is 27.9 Å². The molecular formula is C19H21Cl2NO3. The highest BCUT2D eigenvalue weighted by Gasteiger charge is 2.15. The zero-order valence-electron chi connectivity index (χ0n) is 14.2. The molecule has 1 atom stereocenters. The molecule has 0 aliphatic rings. The number of carbonyl (C=O) groups excluding carboxylic acids is 1. The van der Waals surface area contributed by atoms with Crippen molar-refractivity contribution < 1.29 is 14.6 Å². The number of halogens is 2. The standard InChI is InChI=1S/C19H21Cl2NO3/c1-22(12-18(23)14-5-7-15(25-2)8-6-14)19(24)10-4-13-3-9-16(20)17(21)11-13/h3,5-9,11,18,23H,4,10,12H2,1-2H3. The average Bonchev–Trinajstić information content (AvgIpc) is 2.62. The van der Waals surface area contributed by atoms with Crippen LogP contribution in [0.15, 0.2) is 42.5 Å². The molecule has 0 aliphatic carbocycles. The first-order chi connectivity index (χ1) is 11.9. The Kier molecular flexibility index (Phi) is 7.12.